The quantitative estimate of drug-likeness (QED) is 0.175. The zero-order valence-electron chi connectivity index (χ0n) is 34.3. The van der Waals surface area contributed by atoms with Gasteiger partial charge in [0, 0.05) is 55.2 Å². The lowest BCUT2D eigenvalue weighted by Gasteiger charge is -2.77. The van der Waals surface area contributed by atoms with Crippen LogP contribution in [-0.2, 0) is 5.41 Å². The van der Waals surface area contributed by atoms with Crippen molar-refractivity contribution in [3.05, 3.63) is 181 Å². The molecule has 3 aromatic heterocycles. The molecule has 3 nitrogen and oxygen atoms in total. The maximum Gasteiger partial charge on any atom is 0.137 e. The molecule has 4 fully saturated rings. The average molecular weight is 795 g/mol. The predicted molar refractivity (Wildman–Crippen MR) is 254 cm³/mol. The molecule has 294 valence electrons. The van der Waals surface area contributed by atoms with Crippen LogP contribution >= 0.6 is 0 Å². The lowest BCUT2D eigenvalue weighted by atomic mass is 9.27. The molecule has 8 aromatic carbocycles. The number of hydrogen-bond acceptors (Lipinski definition) is 1. The summed E-state index contributed by atoms with van der Waals surface area (Å²) in [4.78, 5) is 0. The van der Waals surface area contributed by atoms with Crippen LogP contribution in [-0.4, -0.2) is 9.13 Å². The molecule has 0 aliphatic heterocycles. The lowest BCUT2D eigenvalue weighted by Crippen LogP contribution is -2.73. The summed E-state index contributed by atoms with van der Waals surface area (Å²) in [6, 6.07) is 64.0. The Labute approximate surface area is 358 Å². The van der Waals surface area contributed by atoms with E-state index in [-0.39, 0.29) is 5.41 Å². The number of nitrogens with zero attached hydrogens (tertiary/aromatic N) is 2. The van der Waals surface area contributed by atoms with Gasteiger partial charge in [-0.1, -0.05) is 97.1 Å². The topological polar surface area (TPSA) is 23.0 Å². The van der Waals surface area contributed by atoms with Crippen LogP contribution in [0.5, 0.6) is 0 Å². The minimum Gasteiger partial charge on any atom is -0.456 e. The Morgan fingerprint density at radius 3 is 1.84 bits per heavy atom. The van der Waals surface area contributed by atoms with E-state index in [0.29, 0.717) is 5.41 Å². The van der Waals surface area contributed by atoms with Crippen LogP contribution in [0.2, 0.25) is 0 Å². The number of fused-ring (bicyclic) bond motifs is 17. The van der Waals surface area contributed by atoms with Crippen LogP contribution in [0.15, 0.2) is 174 Å². The second-order valence-electron chi connectivity index (χ2n) is 19.7. The third-order valence-electron chi connectivity index (χ3n) is 17.4. The molecule has 0 saturated heterocycles. The third kappa shape index (κ3) is 3.80. The Kier molecular flexibility index (Phi) is 5.91. The number of furan rings is 1. The highest BCUT2D eigenvalue weighted by molar-refractivity contribution is 6.13. The van der Waals surface area contributed by atoms with Crippen molar-refractivity contribution in [2.24, 2.45) is 29.1 Å². The monoisotopic (exact) mass is 794 g/mol. The number of rotatable bonds is 3. The molecular formula is C59H42N2O. The number of benzene rings is 8. The number of para-hydroxylation sites is 3. The molecule has 3 heterocycles. The molecule has 4 saturated carbocycles. The standard InChI is InChI=1S/C59H42N2O/c1-5-13-47-39(9-1)40-21-19-37(30-48(40)59(47)49-27-34-25-26-58(32-34)33-50(59)57(49)58)60-51-14-6-2-10-41(51)45-28-35(17-23-53(45)60)36-18-24-54-46(29-36)42-11-3-7-15-52(42)61(54)38-20-22-44-43-12-4-8-16-55(43)62-56(44)31-38/h1-24,28-31,34,49-50,57H,25-27,32-33H2. The average Bonchev–Trinajstić information content (AvgIpc) is 4.11. The predicted octanol–water partition coefficient (Wildman–Crippen LogP) is 15.2. The fourth-order valence-electron chi connectivity index (χ4n) is 15.2. The zero-order chi connectivity index (χ0) is 40.1. The fourth-order valence-corrected chi connectivity index (χ4v) is 15.2. The van der Waals surface area contributed by atoms with Gasteiger partial charge in [0.25, 0.3) is 0 Å². The SMILES string of the molecule is c1ccc2c(c1)-c1ccc(-n3c4ccccc4c4cc(-c5ccc6c(c5)c5ccccc5n6-c5ccc6c(c5)oc5ccccc56)ccc43)cc1C21C2CC3CCC4(C3)CC1C24. The molecule has 62 heavy (non-hydrogen) atoms. The summed E-state index contributed by atoms with van der Waals surface area (Å²) in [6.45, 7) is 0. The summed E-state index contributed by atoms with van der Waals surface area (Å²) < 4.78 is 11.3. The fraction of sp³-hybridized carbons (Fsp3) is 0.186. The number of aromatic nitrogens is 2. The second-order valence-corrected chi connectivity index (χ2v) is 19.7. The van der Waals surface area contributed by atoms with Crippen molar-refractivity contribution in [3.8, 4) is 33.6 Å². The van der Waals surface area contributed by atoms with Crippen LogP contribution in [0, 0.1) is 29.1 Å². The Morgan fingerprint density at radius 1 is 0.452 bits per heavy atom. The number of hydrogen-bond donors (Lipinski definition) is 0. The Morgan fingerprint density at radius 2 is 1.06 bits per heavy atom. The molecule has 6 atom stereocenters. The maximum atomic E-state index is 6.36. The molecular weight excluding hydrogens is 753 g/mol. The smallest absolute Gasteiger partial charge is 0.137 e. The van der Waals surface area contributed by atoms with Gasteiger partial charge in [-0.15, -0.1) is 0 Å². The van der Waals surface area contributed by atoms with E-state index in [2.05, 4.69) is 173 Å². The summed E-state index contributed by atoms with van der Waals surface area (Å²) in [6.07, 6.45) is 7.32. The van der Waals surface area contributed by atoms with Crippen molar-refractivity contribution in [1.82, 2.24) is 9.13 Å². The molecule has 2 bridgehead atoms. The van der Waals surface area contributed by atoms with Crippen LogP contribution in [0.25, 0.3) is 99.2 Å². The molecule has 0 N–H and O–H groups in total. The Hall–Kier alpha value is -6.84. The molecule has 16 rings (SSSR count). The van der Waals surface area contributed by atoms with E-state index >= 15 is 0 Å². The highest BCUT2D eigenvalue weighted by Gasteiger charge is 2.79. The molecule has 5 aliphatic rings. The van der Waals surface area contributed by atoms with Crippen molar-refractivity contribution in [2.45, 2.75) is 37.5 Å². The summed E-state index contributed by atoms with van der Waals surface area (Å²) in [5.74, 6) is 3.43. The Bertz CT molecular complexity index is 3800. The van der Waals surface area contributed by atoms with Gasteiger partial charge in [-0.05, 0) is 161 Å². The molecule has 0 amide bonds. The summed E-state index contributed by atoms with van der Waals surface area (Å²) >= 11 is 0. The maximum absolute atomic E-state index is 6.36. The summed E-state index contributed by atoms with van der Waals surface area (Å²) in [5, 5.41) is 7.40. The van der Waals surface area contributed by atoms with E-state index in [1.807, 2.05) is 6.07 Å². The van der Waals surface area contributed by atoms with Gasteiger partial charge in [0.05, 0.1) is 22.1 Å². The van der Waals surface area contributed by atoms with Gasteiger partial charge in [0.1, 0.15) is 11.2 Å². The Balaban J connectivity index is 0.841. The summed E-state index contributed by atoms with van der Waals surface area (Å²) in [5.41, 5.74) is 18.7. The van der Waals surface area contributed by atoms with Gasteiger partial charge >= 0.3 is 0 Å². The summed E-state index contributed by atoms with van der Waals surface area (Å²) in [7, 11) is 0. The molecule has 3 heteroatoms. The van der Waals surface area contributed by atoms with Crippen LogP contribution in [0.3, 0.4) is 0 Å². The van der Waals surface area contributed by atoms with Gasteiger partial charge in [-0.25, -0.2) is 0 Å². The van der Waals surface area contributed by atoms with Crippen molar-refractivity contribution in [1.29, 1.82) is 0 Å². The van der Waals surface area contributed by atoms with Crippen molar-refractivity contribution >= 4 is 65.6 Å². The van der Waals surface area contributed by atoms with Gasteiger partial charge in [0.2, 0.25) is 0 Å². The largest absolute Gasteiger partial charge is 0.456 e. The lowest BCUT2D eigenvalue weighted by molar-refractivity contribution is -0.235. The van der Waals surface area contributed by atoms with Gasteiger partial charge < -0.3 is 13.6 Å². The van der Waals surface area contributed by atoms with E-state index in [9.17, 15) is 0 Å². The van der Waals surface area contributed by atoms with Crippen LogP contribution in [0.4, 0.5) is 0 Å². The molecule has 0 radical (unpaired) electrons. The van der Waals surface area contributed by atoms with Crippen LogP contribution in [0.1, 0.15) is 43.2 Å². The molecule has 6 unspecified atom stereocenters. The minimum absolute atomic E-state index is 0.174. The third-order valence-corrected chi connectivity index (χ3v) is 17.4. The van der Waals surface area contributed by atoms with Crippen LogP contribution < -0.4 is 0 Å². The highest BCUT2D eigenvalue weighted by Crippen LogP contribution is 2.85. The van der Waals surface area contributed by atoms with E-state index in [0.717, 1.165) is 51.3 Å². The molecule has 2 spiro atoms. The van der Waals surface area contributed by atoms with Gasteiger partial charge in [-0.2, -0.15) is 0 Å². The van der Waals surface area contributed by atoms with E-state index < -0.39 is 0 Å². The first kappa shape index (κ1) is 32.9. The van der Waals surface area contributed by atoms with E-state index in [1.165, 1.54) is 104 Å². The molecule has 11 aromatic rings. The first-order valence-electron chi connectivity index (χ1n) is 22.9. The van der Waals surface area contributed by atoms with Gasteiger partial charge in [0.15, 0.2) is 0 Å². The molecule has 5 aliphatic carbocycles. The van der Waals surface area contributed by atoms with E-state index in [1.54, 1.807) is 11.1 Å². The minimum atomic E-state index is 0.174. The second kappa shape index (κ2) is 11.2. The first-order valence-corrected chi connectivity index (χ1v) is 22.9. The van der Waals surface area contributed by atoms with Crippen molar-refractivity contribution in [2.75, 3.05) is 0 Å². The van der Waals surface area contributed by atoms with E-state index in [4.69, 9.17) is 4.42 Å². The van der Waals surface area contributed by atoms with Crippen molar-refractivity contribution in [3.63, 3.8) is 0 Å². The van der Waals surface area contributed by atoms with Crippen molar-refractivity contribution < 1.29 is 4.42 Å². The first-order chi connectivity index (χ1) is 30.7. The normalized spacial score (nSPS) is 25.2. The zero-order valence-corrected chi connectivity index (χ0v) is 34.3. The highest BCUT2D eigenvalue weighted by atomic mass is 16.3. The van der Waals surface area contributed by atoms with Gasteiger partial charge in [-0.3, -0.25) is 0 Å².